The summed E-state index contributed by atoms with van der Waals surface area (Å²) in [5.41, 5.74) is 3.40. The largest absolute Gasteiger partial charge is 0.502 e. The van der Waals surface area contributed by atoms with Crippen molar-refractivity contribution in [3.05, 3.63) is 93.2 Å². The molecule has 2 bridgehead atoms. The average Bonchev–Trinajstić information content (AvgIpc) is 3.56. The molecule has 3 aromatic rings. The number of H-pyrrole nitrogens is 1. The molecule has 3 atom stereocenters. The van der Waals surface area contributed by atoms with Gasteiger partial charge in [-0.3, -0.25) is 14.5 Å². The number of fused-ring (bicyclic) bond motifs is 2. The molecule has 3 N–H and O–H groups in total. The number of morpholine rings is 1. The van der Waals surface area contributed by atoms with E-state index in [1.165, 1.54) is 11.9 Å². The molecular formula is C29H29FN4O4. The minimum atomic E-state index is -1.15. The van der Waals surface area contributed by atoms with Gasteiger partial charge in [0.05, 0.1) is 24.7 Å². The number of aromatic amines is 1. The maximum atomic E-state index is 12.6. The minimum absolute atomic E-state index is 0.0249. The number of likely N-dealkylation sites (tertiary alicyclic amines) is 1. The van der Waals surface area contributed by atoms with Crippen LogP contribution in [0, 0.1) is 11.8 Å². The molecule has 2 fully saturated rings. The lowest BCUT2D eigenvalue weighted by Gasteiger charge is -2.26. The van der Waals surface area contributed by atoms with Crippen molar-refractivity contribution < 1.29 is 19.0 Å². The van der Waals surface area contributed by atoms with Crippen LogP contribution >= 0.6 is 0 Å². The smallest absolute Gasteiger partial charge is 0.293 e. The Kier molecular flexibility index (Phi) is 7.82. The number of amides is 1. The molecule has 0 aliphatic carbocycles. The summed E-state index contributed by atoms with van der Waals surface area (Å²) in [6.45, 7) is 1.66. The van der Waals surface area contributed by atoms with Crippen LogP contribution in [-0.2, 0) is 22.5 Å². The molecule has 8 nitrogen and oxygen atoms in total. The summed E-state index contributed by atoms with van der Waals surface area (Å²) in [6, 6.07) is 16.5. The summed E-state index contributed by atoms with van der Waals surface area (Å²) in [6.07, 6.45) is 3.11. The number of halogens is 1. The first-order chi connectivity index (χ1) is 18.5. The molecule has 9 heteroatoms. The Balaban J connectivity index is 1.22. The highest BCUT2D eigenvalue weighted by Gasteiger charge is 2.38. The normalized spacial score (nSPS) is 19.1. The molecule has 2 saturated heterocycles. The van der Waals surface area contributed by atoms with Gasteiger partial charge in [0.15, 0.2) is 6.67 Å². The Morgan fingerprint density at radius 2 is 1.84 bits per heavy atom. The number of aromatic nitrogens is 2. The molecule has 2 aliphatic rings. The standard InChI is InChI=1S/C29H29FN4O4/c30-13-26(35)31-14-23(27-28(36)29(37)33-18-32-27)11-21-7-3-19(4-8-21)1-2-20-5-9-22(10-6-20)15-34-16-25-12-24(34)17-38-25/h3-10,18,23-25,36H,11-17H2,(H,31,35)(H,32,33,37)/t23?,24-,25-/m1/s1. The van der Waals surface area contributed by atoms with Crippen LogP contribution in [0.25, 0.3) is 0 Å². The van der Waals surface area contributed by atoms with Gasteiger partial charge in [0.2, 0.25) is 5.75 Å². The first-order valence-electron chi connectivity index (χ1n) is 12.6. The zero-order valence-corrected chi connectivity index (χ0v) is 20.8. The first kappa shape index (κ1) is 25.6. The van der Waals surface area contributed by atoms with Crippen LogP contribution in [0.2, 0.25) is 0 Å². The number of aromatic hydroxyl groups is 1. The summed E-state index contributed by atoms with van der Waals surface area (Å²) in [5, 5.41) is 12.7. The predicted molar refractivity (Wildman–Crippen MR) is 139 cm³/mol. The van der Waals surface area contributed by atoms with Crippen LogP contribution in [0.15, 0.2) is 59.7 Å². The lowest BCUT2D eigenvalue weighted by molar-refractivity contribution is -0.122. The summed E-state index contributed by atoms with van der Waals surface area (Å²) >= 11 is 0. The molecule has 1 amide bonds. The molecule has 0 saturated carbocycles. The number of alkyl halides is 1. The fourth-order valence-electron chi connectivity index (χ4n) is 5.01. The van der Waals surface area contributed by atoms with Crippen molar-refractivity contribution >= 4 is 5.91 Å². The molecule has 0 spiro atoms. The highest BCUT2D eigenvalue weighted by atomic mass is 19.1. The van der Waals surface area contributed by atoms with E-state index in [4.69, 9.17) is 4.74 Å². The summed E-state index contributed by atoms with van der Waals surface area (Å²) < 4.78 is 18.3. The molecular weight excluding hydrogens is 487 g/mol. The topological polar surface area (TPSA) is 108 Å². The van der Waals surface area contributed by atoms with Crippen LogP contribution in [0.1, 0.15) is 40.3 Å². The van der Waals surface area contributed by atoms with Crippen molar-refractivity contribution in [2.45, 2.75) is 37.5 Å². The number of carbonyl (C=O) groups excluding carboxylic acids is 1. The molecule has 2 aromatic carbocycles. The molecule has 1 aromatic heterocycles. The van der Waals surface area contributed by atoms with Gasteiger partial charge in [-0.2, -0.15) is 0 Å². The molecule has 5 rings (SSSR count). The zero-order chi connectivity index (χ0) is 26.5. The Hall–Kier alpha value is -4.00. The number of ether oxygens (including phenoxy) is 1. The van der Waals surface area contributed by atoms with Crippen LogP contribution in [0.3, 0.4) is 0 Å². The summed E-state index contributed by atoms with van der Waals surface area (Å²) in [7, 11) is 0. The van der Waals surface area contributed by atoms with E-state index < -0.39 is 29.8 Å². The van der Waals surface area contributed by atoms with Gasteiger partial charge < -0.3 is 20.1 Å². The van der Waals surface area contributed by atoms with E-state index in [0.717, 1.165) is 42.8 Å². The van der Waals surface area contributed by atoms with E-state index in [2.05, 4.69) is 44.2 Å². The SMILES string of the molecule is O=C(CF)NCC(Cc1ccc(C#Cc2ccc(CN3C[C@H]4C[C@@H]3CO4)cc2)cc1)c1nc[nH]c(=O)c1O. The van der Waals surface area contributed by atoms with Crippen LogP contribution in [-0.4, -0.2) is 64.4 Å². The van der Waals surface area contributed by atoms with Gasteiger partial charge in [-0.25, -0.2) is 9.37 Å². The van der Waals surface area contributed by atoms with Gasteiger partial charge in [-0.05, 0) is 48.2 Å². The molecule has 3 heterocycles. The van der Waals surface area contributed by atoms with Crippen molar-refractivity contribution in [2.24, 2.45) is 0 Å². The van der Waals surface area contributed by atoms with Crippen molar-refractivity contribution in [1.29, 1.82) is 0 Å². The number of hydrogen-bond donors (Lipinski definition) is 3. The van der Waals surface area contributed by atoms with E-state index in [1.54, 1.807) is 0 Å². The van der Waals surface area contributed by atoms with Gasteiger partial charge in [0, 0.05) is 42.7 Å². The van der Waals surface area contributed by atoms with Crippen LogP contribution < -0.4 is 10.9 Å². The van der Waals surface area contributed by atoms with Gasteiger partial charge >= 0.3 is 0 Å². The lowest BCUT2D eigenvalue weighted by atomic mass is 9.94. The minimum Gasteiger partial charge on any atom is -0.502 e. The summed E-state index contributed by atoms with van der Waals surface area (Å²) in [4.78, 5) is 32.2. The number of rotatable bonds is 8. The zero-order valence-electron chi connectivity index (χ0n) is 20.8. The highest BCUT2D eigenvalue weighted by Crippen LogP contribution is 2.29. The monoisotopic (exact) mass is 516 g/mol. The van der Waals surface area contributed by atoms with E-state index in [1.807, 2.05) is 36.4 Å². The van der Waals surface area contributed by atoms with Crippen molar-refractivity contribution in [1.82, 2.24) is 20.2 Å². The number of nitrogens with zero attached hydrogens (tertiary/aromatic N) is 2. The predicted octanol–water partition coefficient (Wildman–Crippen LogP) is 2.26. The van der Waals surface area contributed by atoms with Gasteiger partial charge in [-0.15, -0.1) is 0 Å². The Morgan fingerprint density at radius 1 is 1.16 bits per heavy atom. The summed E-state index contributed by atoms with van der Waals surface area (Å²) in [5.74, 6) is 4.58. The third kappa shape index (κ3) is 6.10. The van der Waals surface area contributed by atoms with Crippen molar-refractivity contribution in [3.8, 4) is 17.6 Å². The molecule has 0 radical (unpaired) electrons. The third-order valence-corrected chi connectivity index (χ3v) is 7.05. The second kappa shape index (κ2) is 11.6. The lowest BCUT2D eigenvalue weighted by Crippen LogP contribution is -2.36. The van der Waals surface area contributed by atoms with E-state index in [9.17, 15) is 19.1 Å². The molecule has 2 aliphatic heterocycles. The maximum absolute atomic E-state index is 12.6. The fourth-order valence-corrected chi connectivity index (χ4v) is 5.01. The van der Waals surface area contributed by atoms with Crippen molar-refractivity contribution in [2.75, 3.05) is 26.4 Å². The number of carbonyl (C=O) groups is 1. The fraction of sp³-hybridized carbons (Fsp3) is 0.345. The van der Waals surface area contributed by atoms with Crippen LogP contribution in [0.4, 0.5) is 4.39 Å². The Bertz CT molecular complexity index is 1400. The second-order valence-electron chi connectivity index (χ2n) is 9.72. The Labute approximate surface area is 219 Å². The third-order valence-electron chi connectivity index (χ3n) is 7.05. The average molecular weight is 517 g/mol. The molecule has 196 valence electrons. The van der Waals surface area contributed by atoms with E-state index >= 15 is 0 Å². The Morgan fingerprint density at radius 3 is 2.45 bits per heavy atom. The van der Waals surface area contributed by atoms with Gasteiger partial charge in [-0.1, -0.05) is 36.1 Å². The maximum Gasteiger partial charge on any atom is 0.293 e. The van der Waals surface area contributed by atoms with Crippen molar-refractivity contribution in [3.63, 3.8) is 0 Å². The van der Waals surface area contributed by atoms with E-state index in [0.29, 0.717) is 18.6 Å². The number of hydrogen-bond acceptors (Lipinski definition) is 6. The number of nitrogens with one attached hydrogen (secondary N) is 2. The molecule has 38 heavy (non-hydrogen) atoms. The van der Waals surface area contributed by atoms with Crippen LogP contribution in [0.5, 0.6) is 5.75 Å². The van der Waals surface area contributed by atoms with Gasteiger partial charge in [0.25, 0.3) is 11.5 Å². The van der Waals surface area contributed by atoms with E-state index in [-0.39, 0.29) is 12.2 Å². The quantitative estimate of drug-likeness (QED) is 0.397. The second-order valence-corrected chi connectivity index (χ2v) is 9.72. The highest BCUT2D eigenvalue weighted by molar-refractivity contribution is 5.77. The number of benzene rings is 2. The first-order valence-corrected chi connectivity index (χ1v) is 12.6. The molecule has 1 unspecified atom stereocenters. The van der Waals surface area contributed by atoms with Gasteiger partial charge in [0.1, 0.15) is 0 Å².